The van der Waals surface area contributed by atoms with Gasteiger partial charge in [0.1, 0.15) is 0 Å². The molecule has 0 radical (unpaired) electrons. The number of ether oxygens (including phenoxy) is 2. The number of benzene rings is 1. The maximum absolute atomic E-state index is 12.7. The normalized spacial score (nSPS) is 22.5. The SMILES string of the molecule is Nc1cc2c(cc1Cl)OC(F)(F)C(F)O2. The Morgan fingerprint density at radius 1 is 1.33 bits per heavy atom. The highest BCUT2D eigenvalue weighted by Gasteiger charge is 2.49. The van der Waals surface area contributed by atoms with Crippen LogP contribution in [0.25, 0.3) is 0 Å². The molecule has 1 heterocycles. The van der Waals surface area contributed by atoms with E-state index >= 15 is 0 Å². The van der Waals surface area contributed by atoms with E-state index in [4.69, 9.17) is 17.3 Å². The number of hydrogen-bond acceptors (Lipinski definition) is 3. The zero-order valence-corrected chi connectivity index (χ0v) is 7.89. The number of nitrogen functional groups attached to an aromatic ring is 1. The van der Waals surface area contributed by atoms with Gasteiger partial charge >= 0.3 is 12.5 Å². The lowest BCUT2D eigenvalue weighted by molar-refractivity contribution is -0.281. The second-order valence-electron chi connectivity index (χ2n) is 2.92. The number of rotatable bonds is 0. The van der Waals surface area contributed by atoms with Crippen LogP contribution in [-0.4, -0.2) is 12.5 Å². The van der Waals surface area contributed by atoms with E-state index in [1.807, 2.05) is 0 Å². The Hall–Kier alpha value is -1.30. The standard InChI is InChI=1S/C8H5ClF3NO2/c9-3-1-6-5(2-4(3)13)14-7(10)8(11,12)15-6/h1-2,7H,13H2. The third kappa shape index (κ3) is 1.65. The van der Waals surface area contributed by atoms with Crippen molar-refractivity contribution >= 4 is 17.3 Å². The fourth-order valence-corrected chi connectivity index (χ4v) is 1.25. The molecule has 2 N–H and O–H groups in total. The predicted molar refractivity (Wildman–Crippen MR) is 47.0 cm³/mol. The maximum atomic E-state index is 12.7. The van der Waals surface area contributed by atoms with Crippen LogP contribution in [0, 0.1) is 0 Å². The summed E-state index contributed by atoms with van der Waals surface area (Å²) in [5, 5.41) is 0.0328. The molecule has 1 aliphatic rings. The minimum absolute atomic E-state index is 0.0328. The molecular weight excluding hydrogens is 235 g/mol. The summed E-state index contributed by atoms with van der Waals surface area (Å²) in [5.41, 5.74) is 5.47. The Kier molecular flexibility index (Phi) is 2.11. The van der Waals surface area contributed by atoms with Gasteiger partial charge in [0.15, 0.2) is 11.5 Å². The molecule has 0 saturated heterocycles. The van der Waals surface area contributed by atoms with Crippen LogP contribution in [0.1, 0.15) is 0 Å². The number of fused-ring (bicyclic) bond motifs is 1. The smallest absolute Gasteiger partial charge is 0.447 e. The molecule has 1 aliphatic heterocycles. The van der Waals surface area contributed by atoms with Gasteiger partial charge in [-0.1, -0.05) is 11.6 Å². The number of anilines is 1. The summed E-state index contributed by atoms with van der Waals surface area (Å²) >= 11 is 5.58. The monoisotopic (exact) mass is 239 g/mol. The van der Waals surface area contributed by atoms with Crippen LogP contribution < -0.4 is 15.2 Å². The topological polar surface area (TPSA) is 44.5 Å². The minimum atomic E-state index is -4.02. The van der Waals surface area contributed by atoms with Crippen LogP contribution in [0.15, 0.2) is 12.1 Å². The Bertz CT molecular complexity index is 413. The average Bonchev–Trinajstić information content (AvgIpc) is 2.11. The number of halogens is 4. The maximum Gasteiger partial charge on any atom is 0.468 e. The van der Waals surface area contributed by atoms with E-state index in [0.29, 0.717) is 0 Å². The van der Waals surface area contributed by atoms with Gasteiger partial charge in [-0.15, -0.1) is 0 Å². The van der Waals surface area contributed by atoms with Gasteiger partial charge in [0.25, 0.3) is 0 Å². The summed E-state index contributed by atoms with van der Waals surface area (Å²) in [5.74, 6) is -0.538. The van der Waals surface area contributed by atoms with Crippen molar-refractivity contribution < 1.29 is 22.6 Å². The zero-order chi connectivity index (χ0) is 11.2. The molecule has 0 saturated carbocycles. The van der Waals surface area contributed by atoms with E-state index in [9.17, 15) is 13.2 Å². The quantitative estimate of drug-likeness (QED) is 0.708. The first-order valence-electron chi connectivity index (χ1n) is 3.87. The van der Waals surface area contributed by atoms with E-state index in [0.717, 1.165) is 12.1 Å². The van der Waals surface area contributed by atoms with Crippen molar-refractivity contribution in [1.82, 2.24) is 0 Å². The predicted octanol–water partition coefficient (Wildman–Crippen LogP) is 2.58. The fourth-order valence-electron chi connectivity index (χ4n) is 1.10. The summed E-state index contributed by atoms with van der Waals surface area (Å²) in [6.07, 6.45) is -6.88. The third-order valence-corrected chi connectivity index (χ3v) is 2.13. The lowest BCUT2D eigenvalue weighted by Crippen LogP contribution is -2.43. The second-order valence-corrected chi connectivity index (χ2v) is 3.33. The molecule has 1 aromatic rings. The van der Waals surface area contributed by atoms with Crippen LogP contribution in [0.2, 0.25) is 5.02 Å². The third-order valence-electron chi connectivity index (χ3n) is 1.80. The molecule has 15 heavy (non-hydrogen) atoms. The highest BCUT2D eigenvalue weighted by molar-refractivity contribution is 6.33. The molecular formula is C8H5ClF3NO2. The van der Waals surface area contributed by atoms with Gasteiger partial charge in [0.2, 0.25) is 0 Å². The number of hydrogen-bond donors (Lipinski definition) is 1. The molecule has 1 atom stereocenters. The lowest BCUT2D eigenvalue weighted by atomic mass is 10.2. The largest absolute Gasteiger partial charge is 0.468 e. The Labute approximate surface area is 87.5 Å². The van der Waals surface area contributed by atoms with Gasteiger partial charge in [0.05, 0.1) is 10.7 Å². The summed E-state index contributed by atoms with van der Waals surface area (Å²) in [6.45, 7) is 0. The van der Waals surface area contributed by atoms with Crippen molar-refractivity contribution in [2.24, 2.45) is 0 Å². The molecule has 0 amide bonds. The Morgan fingerprint density at radius 2 is 2.00 bits per heavy atom. The molecule has 1 aromatic carbocycles. The van der Waals surface area contributed by atoms with Crippen LogP contribution in [0.3, 0.4) is 0 Å². The second kappa shape index (κ2) is 3.10. The van der Waals surface area contributed by atoms with E-state index in [2.05, 4.69) is 9.47 Å². The summed E-state index contributed by atoms with van der Waals surface area (Å²) in [7, 11) is 0. The van der Waals surface area contributed by atoms with Gasteiger partial charge in [-0.3, -0.25) is 0 Å². The van der Waals surface area contributed by atoms with Crippen molar-refractivity contribution in [1.29, 1.82) is 0 Å². The lowest BCUT2D eigenvalue weighted by Gasteiger charge is -2.28. The molecule has 0 fully saturated rings. The van der Waals surface area contributed by atoms with Crippen LogP contribution in [0.5, 0.6) is 11.5 Å². The first kappa shape index (κ1) is 10.2. The van der Waals surface area contributed by atoms with Gasteiger partial charge in [-0.2, -0.15) is 13.2 Å². The molecule has 82 valence electrons. The highest BCUT2D eigenvalue weighted by atomic mass is 35.5. The molecule has 7 heteroatoms. The van der Waals surface area contributed by atoms with Crippen LogP contribution >= 0.6 is 11.6 Å². The van der Waals surface area contributed by atoms with Crippen molar-refractivity contribution in [2.75, 3.05) is 5.73 Å². The van der Waals surface area contributed by atoms with Crippen LogP contribution in [0.4, 0.5) is 18.9 Å². The number of alkyl halides is 3. The average molecular weight is 240 g/mol. The van der Waals surface area contributed by atoms with E-state index in [-0.39, 0.29) is 22.2 Å². The van der Waals surface area contributed by atoms with E-state index in [1.165, 1.54) is 0 Å². The molecule has 3 nitrogen and oxygen atoms in total. The van der Waals surface area contributed by atoms with Crippen molar-refractivity contribution in [3.63, 3.8) is 0 Å². The summed E-state index contributed by atoms with van der Waals surface area (Å²) in [6, 6.07) is 2.17. The molecule has 1 unspecified atom stereocenters. The molecule has 0 spiro atoms. The fraction of sp³-hybridized carbons (Fsp3) is 0.250. The molecule has 0 bridgehead atoms. The van der Waals surface area contributed by atoms with Crippen molar-refractivity contribution in [2.45, 2.75) is 12.5 Å². The van der Waals surface area contributed by atoms with Gasteiger partial charge in [0, 0.05) is 12.1 Å². The van der Waals surface area contributed by atoms with Gasteiger partial charge < -0.3 is 15.2 Å². The zero-order valence-electron chi connectivity index (χ0n) is 7.14. The Balaban J connectivity index is 2.46. The molecule has 0 aromatic heterocycles. The first-order valence-corrected chi connectivity index (χ1v) is 4.24. The molecule has 2 rings (SSSR count). The van der Waals surface area contributed by atoms with E-state index in [1.54, 1.807) is 0 Å². The minimum Gasteiger partial charge on any atom is -0.447 e. The number of nitrogens with two attached hydrogens (primary N) is 1. The summed E-state index contributed by atoms with van der Waals surface area (Å²) in [4.78, 5) is 0. The van der Waals surface area contributed by atoms with Gasteiger partial charge in [-0.05, 0) is 0 Å². The highest BCUT2D eigenvalue weighted by Crippen LogP contribution is 2.43. The van der Waals surface area contributed by atoms with Gasteiger partial charge in [-0.25, -0.2) is 0 Å². The van der Waals surface area contributed by atoms with Crippen molar-refractivity contribution in [3.05, 3.63) is 17.2 Å². The first-order chi connectivity index (χ1) is 6.90. The Morgan fingerprint density at radius 3 is 2.67 bits per heavy atom. The van der Waals surface area contributed by atoms with Crippen molar-refractivity contribution in [3.8, 4) is 11.5 Å². The summed E-state index contributed by atoms with van der Waals surface area (Å²) < 4.78 is 46.5. The molecule has 0 aliphatic carbocycles. The van der Waals surface area contributed by atoms with E-state index < -0.39 is 12.5 Å². The van der Waals surface area contributed by atoms with Crippen LogP contribution in [-0.2, 0) is 0 Å².